The number of aliphatic carboxylic acids is 1. The Morgan fingerprint density at radius 2 is 2.33 bits per heavy atom. The number of nitrogens with zero attached hydrogens (tertiary/aromatic N) is 1. The summed E-state index contributed by atoms with van der Waals surface area (Å²) < 4.78 is 0. The van der Waals surface area contributed by atoms with Crippen LogP contribution >= 0.6 is 11.3 Å². The third kappa shape index (κ3) is 3.01. The molecule has 0 bridgehead atoms. The fraction of sp³-hybridized carbons (Fsp3) is 0.500. The van der Waals surface area contributed by atoms with Crippen LogP contribution in [0.2, 0.25) is 0 Å². The van der Waals surface area contributed by atoms with E-state index in [4.69, 9.17) is 5.11 Å². The maximum absolute atomic E-state index is 11.8. The number of carbonyl (C=O) groups excluding carboxylic acids is 1. The van der Waals surface area contributed by atoms with Gasteiger partial charge in [0.1, 0.15) is 0 Å². The first-order valence-corrected chi connectivity index (χ1v) is 6.69. The zero-order valence-electron chi connectivity index (χ0n) is 10.2. The third-order valence-electron chi connectivity index (χ3n) is 3.03. The van der Waals surface area contributed by atoms with Crippen LogP contribution in [-0.2, 0) is 11.3 Å². The predicted molar refractivity (Wildman–Crippen MR) is 68.6 cm³/mol. The van der Waals surface area contributed by atoms with Crippen LogP contribution in [0.15, 0.2) is 12.1 Å². The van der Waals surface area contributed by atoms with E-state index in [2.05, 4.69) is 5.32 Å². The standard InChI is InChI=1S/C12H16N2O3S/c1-8-2-3-10(18-8)6-13-12(17)14-5-4-9(7-14)11(15)16/h2-3,9H,4-7H2,1H3,(H,13,17)(H,15,16). The van der Waals surface area contributed by atoms with Crippen LogP contribution in [0.5, 0.6) is 0 Å². The van der Waals surface area contributed by atoms with Crippen molar-refractivity contribution < 1.29 is 14.7 Å². The van der Waals surface area contributed by atoms with Gasteiger partial charge in [0.15, 0.2) is 0 Å². The van der Waals surface area contributed by atoms with E-state index in [0.29, 0.717) is 26.1 Å². The van der Waals surface area contributed by atoms with E-state index in [9.17, 15) is 9.59 Å². The molecule has 1 atom stereocenters. The minimum absolute atomic E-state index is 0.176. The Morgan fingerprint density at radius 3 is 2.89 bits per heavy atom. The van der Waals surface area contributed by atoms with Gasteiger partial charge in [-0.2, -0.15) is 0 Å². The first kappa shape index (κ1) is 12.9. The Morgan fingerprint density at radius 1 is 1.56 bits per heavy atom. The molecule has 0 aliphatic carbocycles. The smallest absolute Gasteiger partial charge is 0.317 e. The van der Waals surface area contributed by atoms with E-state index in [0.717, 1.165) is 4.88 Å². The lowest BCUT2D eigenvalue weighted by molar-refractivity contribution is -0.141. The largest absolute Gasteiger partial charge is 0.481 e. The van der Waals surface area contributed by atoms with Crippen molar-refractivity contribution in [2.45, 2.75) is 19.9 Å². The van der Waals surface area contributed by atoms with Gasteiger partial charge in [-0.3, -0.25) is 4.79 Å². The number of hydrogen-bond donors (Lipinski definition) is 2. The number of carboxylic acid groups (broad SMARTS) is 1. The van der Waals surface area contributed by atoms with Gasteiger partial charge in [0.05, 0.1) is 12.5 Å². The molecule has 1 saturated heterocycles. The molecule has 1 aliphatic heterocycles. The SMILES string of the molecule is Cc1ccc(CNC(=O)N2CCC(C(=O)O)C2)s1. The number of carboxylic acids is 1. The molecule has 6 heteroatoms. The normalized spacial score (nSPS) is 18.9. The van der Waals surface area contributed by atoms with Crippen LogP contribution < -0.4 is 5.32 Å². The number of thiophene rings is 1. The summed E-state index contributed by atoms with van der Waals surface area (Å²) in [6.45, 7) is 3.36. The molecule has 1 aromatic rings. The highest BCUT2D eigenvalue weighted by molar-refractivity contribution is 7.11. The van der Waals surface area contributed by atoms with Crippen molar-refractivity contribution in [2.75, 3.05) is 13.1 Å². The van der Waals surface area contributed by atoms with Gasteiger partial charge in [-0.25, -0.2) is 4.79 Å². The summed E-state index contributed by atoms with van der Waals surface area (Å²) in [6, 6.07) is 3.83. The summed E-state index contributed by atoms with van der Waals surface area (Å²) in [4.78, 5) is 26.5. The maximum Gasteiger partial charge on any atom is 0.317 e. The Kier molecular flexibility index (Phi) is 3.86. The van der Waals surface area contributed by atoms with Crippen LogP contribution in [0.25, 0.3) is 0 Å². The van der Waals surface area contributed by atoms with Crippen molar-refractivity contribution in [1.82, 2.24) is 10.2 Å². The second-order valence-electron chi connectivity index (χ2n) is 4.44. The average Bonchev–Trinajstić information content (AvgIpc) is 2.94. The van der Waals surface area contributed by atoms with E-state index in [-0.39, 0.29) is 6.03 Å². The van der Waals surface area contributed by atoms with Crippen molar-refractivity contribution in [3.05, 3.63) is 21.9 Å². The molecule has 1 fully saturated rings. The second-order valence-corrected chi connectivity index (χ2v) is 5.81. The minimum Gasteiger partial charge on any atom is -0.481 e. The van der Waals surface area contributed by atoms with E-state index in [1.807, 2.05) is 19.1 Å². The number of nitrogens with one attached hydrogen (secondary N) is 1. The van der Waals surface area contributed by atoms with Gasteiger partial charge in [-0.05, 0) is 25.5 Å². The monoisotopic (exact) mass is 268 g/mol. The quantitative estimate of drug-likeness (QED) is 0.876. The molecule has 2 N–H and O–H groups in total. The van der Waals surface area contributed by atoms with Crippen molar-refractivity contribution in [3.8, 4) is 0 Å². The van der Waals surface area contributed by atoms with Gasteiger partial charge < -0.3 is 15.3 Å². The lowest BCUT2D eigenvalue weighted by Gasteiger charge is -2.16. The highest BCUT2D eigenvalue weighted by atomic mass is 32.1. The van der Waals surface area contributed by atoms with Gasteiger partial charge in [-0.1, -0.05) is 0 Å². The zero-order chi connectivity index (χ0) is 13.1. The molecular formula is C12H16N2O3S. The number of aryl methyl sites for hydroxylation is 1. The number of amides is 2. The molecule has 2 heterocycles. The third-order valence-corrected chi connectivity index (χ3v) is 4.04. The van der Waals surface area contributed by atoms with Gasteiger partial charge in [-0.15, -0.1) is 11.3 Å². The molecule has 1 unspecified atom stereocenters. The molecule has 0 aromatic carbocycles. The predicted octanol–water partition coefficient (Wildman–Crippen LogP) is 1.67. The number of urea groups is 1. The molecule has 0 spiro atoms. The molecule has 1 aromatic heterocycles. The topological polar surface area (TPSA) is 69.6 Å². The number of rotatable bonds is 3. The summed E-state index contributed by atoms with van der Waals surface area (Å²) >= 11 is 1.65. The molecule has 2 amide bonds. The van der Waals surface area contributed by atoms with Gasteiger partial charge in [0.2, 0.25) is 0 Å². The Balaban J connectivity index is 1.80. The van der Waals surface area contributed by atoms with Crippen molar-refractivity contribution >= 4 is 23.3 Å². The van der Waals surface area contributed by atoms with Crippen LogP contribution in [0.3, 0.4) is 0 Å². The lowest BCUT2D eigenvalue weighted by atomic mass is 10.1. The first-order valence-electron chi connectivity index (χ1n) is 5.87. The number of carbonyl (C=O) groups is 2. The minimum atomic E-state index is -0.820. The van der Waals surface area contributed by atoms with Crippen LogP contribution in [0, 0.1) is 12.8 Å². The van der Waals surface area contributed by atoms with Gasteiger partial charge in [0, 0.05) is 22.8 Å². The molecule has 0 saturated carbocycles. The summed E-state index contributed by atoms with van der Waals surface area (Å²) in [5.41, 5.74) is 0. The maximum atomic E-state index is 11.8. The highest BCUT2D eigenvalue weighted by Crippen LogP contribution is 2.17. The van der Waals surface area contributed by atoms with Gasteiger partial charge in [0.25, 0.3) is 0 Å². The van der Waals surface area contributed by atoms with E-state index >= 15 is 0 Å². The molecule has 5 nitrogen and oxygen atoms in total. The van der Waals surface area contributed by atoms with Crippen molar-refractivity contribution in [3.63, 3.8) is 0 Å². The van der Waals surface area contributed by atoms with Crippen molar-refractivity contribution in [2.24, 2.45) is 5.92 Å². The number of likely N-dealkylation sites (tertiary alicyclic amines) is 1. The van der Waals surface area contributed by atoms with E-state index in [1.165, 1.54) is 4.88 Å². The molecule has 1 aliphatic rings. The fourth-order valence-corrected chi connectivity index (χ4v) is 2.83. The molecule has 0 radical (unpaired) electrons. The van der Waals surface area contributed by atoms with E-state index < -0.39 is 11.9 Å². The highest BCUT2D eigenvalue weighted by Gasteiger charge is 2.30. The van der Waals surface area contributed by atoms with Crippen molar-refractivity contribution in [1.29, 1.82) is 0 Å². The lowest BCUT2D eigenvalue weighted by Crippen LogP contribution is -2.38. The molecule has 18 heavy (non-hydrogen) atoms. The second kappa shape index (κ2) is 5.39. The number of hydrogen-bond acceptors (Lipinski definition) is 3. The zero-order valence-corrected chi connectivity index (χ0v) is 11.0. The summed E-state index contributed by atoms with van der Waals surface area (Å²) in [5.74, 6) is -1.24. The Bertz CT molecular complexity index is 458. The summed E-state index contributed by atoms with van der Waals surface area (Å²) in [7, 11) is 0. The Hall–Kier alpha value is -1.56. The average molecular weight is 268 g/mol. The molecule has 98 valence electrons. The Labute approximate surface area is 109 Å². The van der Waals surface area contributed by atoms with Crippen LogP contribution in [-0.4, -0.2) is 35.1 Å². The van der Waals surface area contributed by atoms with Crippen LogP contribution in [0.1, 0.15) is 16.2 Å². The summed E-state index contributed by atoms with van der Waals surface area (Å²) in [6.07, 6.45) is 0.543. The van der Waals surface area contributed by atoms with Crippen LogP contribution in [0.4, 0.5) is 4.79 Å². The molecule has 2 rings (SSSR count). The first-order chi connectivity index (χ1) is 8.56. The summed E-state index contributed by atoms with van der Waals surface area (Å²) in [5, 5.41) is 11.7. The molecular weight excluding hydrogens is 252 g/mol. The van der Waals surface area contributed by atoms with Gasteiger partial charge >= 0.3 is 12.0 Å². The fourth-order valence-electron chi connectivity index (χ4n) is 2.00. The van der Waals surface area contributed by atoms with E-state index in [1.54, 1.807) is 16.2 Å².